The quantitative estimate of drug-likeness (QED) is 0.0828. The topological polar surface area (TPSA) is 72.5 Å². The van der Waals surface area contributed by atoms with Crippen molar-refractivity contribution in [2.24, 2.45) is 0 Å². The summed E-state index contributed by atoms with van der Waals surface area (Å²) in [6, 6.07) is 16.7. The zero-order chi connectivity index (χ0) is 33.4. The molecule has 7 nitrogen and oxygen atoms in total. The standard InChI is InChI=1S/C39H56O7S/c1-6-10-20-42-27-33-36(43-21-11-7-2)38(45-23-13-9-4)37(44-22-12-8-3)35(46-33)32-25-28(18-19-31(32)39(40)41-5)24-30-26-29-16-14-15-17-34(29)47-30/h14-19,25-26,33,35-38H,6-13,20-24,27H2,1-5H3/t33-,35+,36-,37+,38+/m1/s1. The van der Waals surface area contributed by atoms with Gasteiger partial charge in [0.1, 0.15) is 30.5 Å². The van der Waals surface area contributed by atoms with E-state index in [9.17, 15) is 4.79 Å². The van der Waals surface area contributed by atoms with Crippen molar-refractivity contribution >= 4 is 27.4 Å². The van der Waals surface area contributed by atoms with E-state index in [-0.39, 0.29) is 6.10 Å². The number of hydrogen-bond acceptors (Lipinski definition) is 8. The predicted molar refractivity (Wildman–Crippen MR) is 190 cm³/mol. The minimum Gasteiger partial charge on any atom is -0.465 e. The number of hydrogen-bond donors (Lipinski definition) is 0. The maximum absolute atomic E-state index is 13.3. The highest BCUT2D eigenvalue weighted by Crippen LogP contribution is 2.40. The minimum atomic E-state index is -0.583. The van der Waals surface area contributed by atoms with Crippen LogP contribution < -0.4 is 0 Å². The second-order valence-corrected chi connectivity index (χ2v) is 13.6. The number of thiophene rings is 1. The van der Waals surface area contributed by atoms with Gasteiger partial charge in [0.2, 0.25) is 0 Å². The Morgan fingerprint density at radius 1 is 0.766 bits per heavy atom. The van der Waals surface area contributed by atoms with E-state index in [2.05, 4.69) is 64.1 Å². The molecule has 0 N–H and O–H groups in total. The van der Waals surface area contributed by atoms with Crippen molar-refractivity contribution in [2.45, 2.75) is 116 Å². The fourth-order valence-corrected chi connectivity index (χ4v) is 7.09. The SMILES string of the molecule is CCCCOC[C@H]1O[C@@H](c2cc(Cc3cc4ccccc4s3)ccc2C(=O)OC)[C@H](OCCCC)[C@@H](OCCCC)[C@@H]1OCCCC. The van der Waals surface area contributed by atoms with Crippen molar-refractivity contribution in [2.75, 3.05) is 40.1 Å². The Balaban J connectivity index is 1.77. The van der Waals surface area contributed by atoms with Crippen molar-refractivity contribution in [3.63, 3.8) is 0 Å². The molecular weight excluding hydrogens is 612 g/mol. The van der Waals surface area contributed by atoms with Gasteiger partial charge in [-0.15, -0.1) is 11.3 Å². The molecule has 0 saturated carbocycles. The Morgan fingerprint density at radius 3 is 2.06 bits per heavy atom. The normalized spacial score (nSPS) is 21.3. The number of ether oxygens (including phenoxy) is 6. The van der Waals surface area contributed by atoms with Crippen LogP contribution in [0.1, 0.15) is 112 Å². The highest BCUT2D eigenvalue weighted by atomic mass is 32.1. The number of carbonyl (C=O) groups excluding carboxylic acids is 1. The van der Waals surface area contributed by atoms with Crippen LogP contribution in [0.2, 0.25) is 0 Å². The highest BCUT2D eigenvalue weighted by Gasteiger charge is 2.49. The molecule has 2 heterocycles. The van der Waals surface area contributed by atoms with Crippen LogP contribution in [0, 0.1) is 0 Å². The van der Waals surface area contributed by atoms with Gasteiger partial charge in [0.05, 0.1) is 19.3 Å². The van der Waals surface area contributed by atoms with E-state index >= 15 is 0 Å². The molecular formula is C39H56O7S. The summed E-state index contributed by atoms with van der Waals surface area (Å²) >= 11 is 1.80. The molecule has 0 aliphatic carbocycles. The maximum atomic E-state index is 13.3. The third-order valence-corrected chi connectivity index (χ3v) is 9.78. The van der Waals surface area contributed by atoms with Gasteiger partial charge in [0, 0.05) is 42.4 Å². The molecule has 5 atom stereocenters. The van der Waals surface area contributed by atoms with Crippen LogP contribution in [-0.4, -0.2) is 70.5 Å². The van der Waals surface area contributed by atoms with Crippen LogP contribution in [0.25, 0.3) is 10.1 Å². The average Bonchev–Trinajstić information content (AvgIpc) is 3.50. The first-order valence-electron chi connectivity index (χ1n) is 17.8. The van der Waals surface area contributed by atoms with Crippen molar-refractivity contribution in [3.8, 4) is 0 Å². The molecule has 8 heteroatoms. The second kappa shape index (κ2) is 20.2. The number of methoxy groups -OCH3 is 1. The maximum Gasteiger partial charge on any atom is 0.338 e. The molecule has 4 rings (SSSR count). The van der Waals surface area contributed by atoms with Gasteiger partial charge < -0.3 is 28.4 Å². The Morgan fingerprint density at radius 2 is 1.40 bits per heavy atom. The van der Waals surface area contributed by atoms with Gasteiger partial charge in [0.15, 0.2) is 0 Å². The molecule has 0 radical (unpaired) electrons. The van der Waals surface area contributed by atoms with Gasteiger partial charge in [-0.3, -0.25) is 0 Å². The first-order chi connectivity index (χ1) is 23.0. The van der Waals surface area contributed by atoms with Gasteiger partial charge >= 0.3 is 5.97 Å². The van der Waals surface area contributed by atoms with E-state index in [0.717, 1.165) is 68.9 Å². The summed E-state index contributed by atoms with van der Waals surface area (Å²) in [7, 11) is 1.42. The van der Waals surface area contributed by atoms with E-state index in [1.165, 1.54) is 22.1 Å². The van der Waals surface area contributed by atoms with Crippen LogP contribution in [0.3, 0.4) is 0 Å². The van der Waals surface area contributed by atoms with Crippen LogP contribution in [0.4, 0.5) is 0 Å². The van der Waals surface area contributed by atoms with Crippen LogP contribution in [0.5, 0.6) is 0 Å². The average molecular weight is 669 g/mol. The number of carbonyl (C=O) groups is 1. The van der Waals surface area contributed by atoms with Crippen molar-refractivity contribution in [1.82, 2.24) is 0 Å². The molecule has 0 spiro atoms. The lowest BCUT2D eigenvalue weighted by Crippen LogP contribution is -2.58. The Labute approximate surface area is 286 Å². The number of fused-ring (bicyclic) bond motifs is 1. The highest BCUT2D eigenvalue weighted by molar-refractivity contribution is 7.19. The van der Waals surface area contributed by atoms with E-state index < -0.39 is 30.4 Å². The van der Waals surface area contributed by atoms with Gasteiger partial charge in [-0.2, -0.15) is 0 Å². The molecule has 1 aliphatic heterocycles. The molecule has 0 amide bonds. The largest absolute Gasteiger partial charge is 0.465 e. The molecule has 3 aromatic rings. The van der Waals surface area contributed by atoms with Crippen molar-refractivity contribution in [3.05, 3.63) is 70.1 Å². The van der Waals surface area contributed by atoms with Crippen molar-refractivity contribution < 1.29 is 33.2 Å². The summed E-state index contributed by atoms with van der Waals surface area (Å²) in [6.07, 6.45) is 6.36. The van der Waals surface area contributed by atoms with E-state index in [1.807, 2.05) is 12.1 Å². The zero-order valence-electron chi connectivity index (χ0n) is 29.2. The number of unbranched alkanes of at least 4 members (excludes halogenated alkanes) is 4. The van der Waals surface area contributed by atoms with Crippen LogP contribution >= 0.6 is 11.3 Å². The first kappa shape index (κ1) is 37.5. The van der Waals surface area contributed by atoms with Gasteiger partial charge in [-0.25, -0.2) is 4.79 Å². The van der Waals surface area contributed by atoms with Crippen LogP contribution in [0.15, 0.2) is 48.5 Å². The number of benzene rings is 2. The van der Waals surface area contributed by atoms with E-state index in [1.54, 1.807) is 11.3 Å². The fraction of sp³-hybridized carbons (Fsp3) is 0.615. The molecule has 2 aromatic carbocycles. The summed E-state index contributed by atoms with van der Waals surface area (Å²) in [5.41, 5.74) is 2.33. The lowest BCUT2D eigenvalue weighted by atomic mass is 9.87. The number of rotatable bonds is 21. The summed E-state index contributed by atoms with van der Waals surface area (Å²) in [5, 5.41) is 1.24. The molecule has 1 aromatic heterocycles. The van der Waals surface area contributed by atoms with Gasteiger partial charge in [-0.1, -0.05) is 83.7 Å². The van der Waals surface area contributed by atoms with E-state index in [4.69, 9.17) is 28.4 Å². The van der Waals surface area contributed by atoms with E-state index in [0.29, 0.717) is 38.6 Å². The zero-order valence-corrected chi connectivity index (χ0v) is 30.0. The van der Waals surface area contributed by atoms with Crippen molar-refractivity contribution in [1.29, 1.82) is 0 Å². The first-order valence-corrected chi connectivity index (χ1v) is 18.6. The van der Waals surface area contributed by atoms with Gasteiger partial charge in [-0.05, 0) is 60.4 Å². The Kier molecular flexibility index (Phi) is 16.1. The third-order valence-electron chi connectivity index (χ3n) is 8.67. The predicted octanol–water partition coefficient (Wildman–Crippen LogP) is 9.09. The summed E-state index contributed by atoms with van der Waals surface area (Å²) in [5.74, 6) is -0.398. The molecule has 0 unspecified atom stereocenters. The smallest absolute Gasteiger partial charge is 0.338 e. The Hall–Kier alpha value is -2.33. The molecule has 260 valence electrons. The fourth-order valence-electron chi connectivity index (χ4n) is 5.99. The molecule has 47 heavy (non-hydrogen) atoms. The van der Waals surface area contributed by atoms with Gasteiger partial charge in [0.25, 0.3) is 0 Å². The third kappa shape index (κ3) is 10.6. The lowest BCUT2D eigenvalue weighted by molar-refractivity contribution is -0.268. The summed E-state index contributed by atoms with van der Waals surface area (Å²) in [6.45, 7) is 11.4. The summed E-state index contributed by atoms with van der Waals surface area (Å²) in [4.78, 5) is 14.6. The van der Waals surface area contributed by atoms with Crippen LogP contribution in [-0.2, 0) is 34.8 Å². The molecule has 1 aliphatic rings. The minimum absolute atomic E-state index is 0.369. The second-order valence-electron chi connectivity index (χ2n) is 12.4. The molecule has 0 bridgehead atoms. The molecule has 1 saturated heterocycles. The Bertz CT molecular complexity index is 1310. The molecule has 1 fully saturated rings. The lowest BCUT2D eigenvalue weighted by Gasteiger charge is -2.46. The number of esters is 1. The monoisotopic (exact) mass is 668 g/mol. The summed E-state index contributed by atoms with van der Waals surface area (Å²) < 4.78 is 39.7.